The number of aromatic nitrogens is 3. The summed E-state index contributed by atoms with van der Waals surface area (Å²) in [5.74, 6) is 0.951. The number of phenols is 2. The Bertz CT molecular complexity index is 1410. The number of ether oxygens (including phenoxy) is 1. The second-order valence-electron chi connectivity index (χ2n) is 8.89. The van der Waals surface area contributed by atoms with Crippen molar-refractivity contribution in [3.63, 3.8) is 0 Å². The third kappa shape index (κ3) is 6.24. The molecule has 0 aliphatic carbocycles. The van der Waals surface area contributed by atoms with E-state index in [1.54, 1.807) is 12.1 Å². The number of nitrogens with one attached hydrogen (secondary N) is 1. The molecule has 0 spiro atoms. The van der Waals surface area contributed by atoms with E-state index < -0.39 is 0 Å². The average molecular weight is 617 g/mol. The van der Waals surface area contributed by atoms with Crippen LogP contribution in [0.3, 0.4) is 0 Å². The van der Waals surface area contributed by atoms with Crippen molar-refractivity contribution in [1.29, 1.82) is 0 Å². The van der Waals surface area contributed by atoms with Gasteiger partial charge in [0.15, 0.2) is 17.3 Å². The number of anilines is 1. The molecule has 2 aromatic heterocycles. The zero-order valence-corrected chi connectivity index (χ0v) is 23.0. The number of alkyl halides is 1. The number of phenolic OH excluding ortho intramolecular Hbond substituents is 2. The number of hydrogen-bond donors (Lipinski definition) is 4. The molecule has 0 radical (unpaired) electrons. The smallest absolute Gasteiger partial charge is 0.229 e. The molecule has 37 heavy (non-hydrogen) atoms. The van der Waals surface area contributed by atoms with Crippen LogP contribution < -0.4 is 11.1 Å². The zero-order valence-electron chi connectivity index (χ0n) is 20.8. The van der Waals surface area contributed by atoms with Crippen molar-refractivity contribution < 1.29 is 19.7 Å². The van der Waals surface area contributed by atoms with Gasteiger partial charge < -0.3 is 30.6 Å². The van der Waals surface area contributed by atoms with Crippen LogP contribution in [0.25, 0.3) is 21.9 Å². The summed E-state index contributed by atoms with van der Waals surface area (Å²) in [5, 5.41) is 24.2. The van der Waals surface area contributed by atoms with Gasteiger partial charge in [-0.3, -0.25) is 4.79 Å². The molecule has 0 aliphatic rings. The Balaban J connectivity index is 1.64. The van der Waals surface area contributed by atoms with E-state index >= 15 is 0 Å². The van der Waals surface area contributed by atoms with E-state index in [1.807, 2.05) is 34.7 Å². The van der Waals surface area contributed by atoms with E-state index in [0.717, 1.165) is 47.1 Å². The van der Waals surface area contributed by atoms with Gasteiger partial charge >= 0.3 is 0 Å². The van der Waals surface area contributed by atoms with Gasteiger partial charge in [-0.1, -0.05) is 60.2 Å². The number of rotatable bonds is 12. The van der Waals surface area contributed by atoms with Gasteiger partial charge in [0.05, 0.1) is 35.2 Å². The fourth-order valence-electron chi connectivity index (χ4n) is 4.33. The lowest BCUT2D eigenvalue weighted by atomic mass is 10.1. The van der Waals surface area contributed by atoms with Crippen LogP contribution in [0.1, 0.15) is 36.7 Å². The van der Waals surface area contributed by atoms with E-state index in [-0.39, 0.29) is 17.4 Å². The molecule has 2 aromatic carbocycles. The standard InChI is InChI=1S/C27H32IN5O4/c1-2-3-7-22-32-24-25(33(22)16-18-5-4-6-21(34)26(18)36)19-9-8-17(14-20(19)31-27(24)29)10-12-37-13-11-30-23(35)15-28/h4-6,8-9,14,34,36H,2-3,7,10-13,15-16H2,1H3,(H2,29,31)(H,30,35). The molecule has 1 amide bonds. The number of para-hydroxylation sites is 1. The number of nitrogens with zero attached hydrogens (tertiary/aromatic N) is 3. The first kappa shape index (κ1) is 26.9. The molecular formula is C27H32IN5O4. The number of aryl methyl sites for hydroxylation is 1. The van der Waals surface area contributed by atoms with Crippen LogP contribution >= 0.6 is 22.6 Å². The van der Waals surface area contributed by atoms with Crippen molar-refractivity contribution in [2.24, 2.45) is 0 Å². The number of aromatic hydroxyl groups is 2. The molecule has 0 saturated heterocycles. The van der Waals surface area contributed by atoms with Crippen molar-refractivity contribution in [2.75, 3.05) is 29.9 Å². The van der Waals surface area contributed by atoms with E-state index in [2.05, 4.69) is 27.9 Å². The summed E-state index contributed by atoms with van der Waals surface area (Å²) >= 11 is 2.03. The number of carbonyl (C=O) groups is 1. The number of unbranched alkanes of at least 4 members (excludes halogenated alkanes) is 1. The third-order valence-corrected chi connectivity index (χ3v) is 6.95. The summed E-state index contributed by atoms with van der Waals surface area (Å²) in [6.07, 6.45) is 3.45. The molecule has 9 nitrogen and oxygen atoms in total. The van der Waals surface area contributed by atoms with Crippen LogP contribution in [0.15, 0.2) is 36.4 Å². The number of pyridine rings is 1. The Morgan fingerprint density at radius 3 is 2.78 bits per heavy atom. The SMILES string of the molecule is CCCCc1nc2c(N)nc3cc(CCOCCNC(=O)CI)ccc3c2n1Cc1cccc(O)c1O. The lowest BCUT2D eigenvalue weighted by Gasteiger charge is -2.13. The minimum atomic E-state index is -0.151. The van der Waals surface area contributed by atoms with Crippen LogP contribution in [0.4, 0.5) is 5.82 Å². The summed E-state index contributed by atoms with van der Waals surface area (Å²) in [7, 11) is 0. The van der Waals surface area contributed by atoms with Gasteiger partial charge in [-0.2, -0.15) is 0 Å². The first-order valence-electron chi connectivity index (χ1n) is 12.4. The van der Waals surface area contributed by atoms with Gasteiger partial charge in [0.25, 0.3) is 0 Å². The summed E-state index contributed by atoms with van der Waals surface area (Å²) in [6.45, 7) is 3.96. The van der Waals surface area contributed by atoms with E-state index in [9.17, 15) is 15.0 Å². The van der Waals surface area contributed by atoms with Crippen LogP contribution in [0.5, 0.6) is 11.5 Å². The Kier molecular flexibility index (Phi) is 9.04. The zero-order chi connectivity index (χ0) is 26.4. The Morgan fingerprint density at radius 2 is 2.00 bits per heavy atom. The van der Waals surface area contributed by atoms with Crippen LogP contribution in [-0.2, 0) is 28.9 Å². The lowest BCUT2D eigenvalue weighted by molar-refractivity contribution is -0.118. The molecule has 5 N–H and O–H groups in total. The summed E-state index contributed by atoms with van der Waals surface area (Å²) in [5.41, 5.74) is 10.3. The van der Waals surface area contributed by atoms with Gasteiger partial charge in [0.2, 0.25) is 5.91 Å². The fraction of sp³-hybridized carbons (Fsp3) is 0.370. The maximum absolute atomic E-state index is 11.3. The molecule has 0 atom stereocenters. The van der Waals surface area contributed by atoms with Gasteiger partial charge in [-0.05, 0) is 30.5 Å². The molecule has 196 valence electrons. The van der Waals surface area contributed by atoms with E-state index in [1.165, 1.54) is 6.07 Å². The second kappa shape index (κ2) is 12.4. The largest absolute Gasteiger partial charge is 0.504 e. The number of nitrogens with two attached hydrogens (primary N) is 1. The number of carbonyl (C=O) groups excluding carboxylic acids is 1. The van der Waals surface area contributed by atoms with E-state index in [4.69, 9.17) is 15.5 Å². The molecule has 4 aromatic rings. The van der Waals surface area contributed by atoms with Gasteiger partial charge in [-0.15, -0.1) is 0 Å². The second-order valence-corrected chi connectivity index (χ2v) is 9.66. The van der Waals surface area contributed by atoms with Gasteiger partial charge in [0, 0.05) is 23.9 Å². The average Bonchev–Trinajstić information content (AvgIpc) is 3.26. The quantitative estimate of drug-likeness (QED) is 0.0815. The molecular weight excluding hydrogens is 585 g/mol. The third-order valence-electron chi connectivity index (χ3n) is 6.25. The maximum Gasteiger partial charge on any atom is 0.229 e. The maximum atomic E-state index is 11.3. The van der Waals surface area contributed by atoms with Crippen molar-refractivity contribution in [3.8, 4) is 11.5 Å². The highest BCUT2D eigenvalue weighted by atomic mass is 127. The number of imidazole rings is 1. The van der Waals surface area contributed by atoms with Gasteiger partial charge in [0.1, 0.15) is 11.3 Å². The highest BCUT2D eigenvalue weighted by molar-refractivity contribution is 14.1. The number of benzene rings is 2. The van der Waals surface area contributed by atoms with Crippen molar-refractivity contribution in [3.05, 3.63) is 53.3 Å². The molecule has 10 heteroatoms. The first-order chi connectivity index (χ1) is 17.9. The molecule has 0 unspecified atom stereocenters. The number of halogens is 1. The monoisotopic (exact) mass is 617 g/mol. The highest BCUT2D eigenvalue weighted by Gasteiger charge is 2.19. The molecule has 0 bridgehead atoms. The Hall–Kier alpha value is -3.12. The van der Waals surface area contributed by atoms with Crippen molar-refractivity contribution in [2.45, 2.75) is 39.2 Å². The molecule has 0 saturated carbocycles. The molecule has 0 fully saturated rings. The number of hydrogen-bond acceptors (Lipinski definition) is 7. The highest BCUT2D eigenvalue weighted by Crippen LogP contribution is 2.34. The van der Waals surface area contributed by atoms with Crippen molar-refractivity contribution >= 4 is 56.3 Å². The molecule has 0 aliphatic heterocycles. The summed E-state index contributed by atoms with van der Waals surface area (Å²) in [6, 6.07) is 11.1. The van der Waals surface area contributed by atoms with Crippen molar-refractivity contribution in [1.82, 2.24) is 19.9 Å². The molecule has 2 heterocycles. The Morgan fingerprint density at radius 1 is 1.16 bits per heavy atom. The lowest BCUT2D eigenvalue weighted by Crippen LogP contribution is -2.28. The molecule has 4 rings (SSSR count). The fourth-order valence-corrected chi connectivity index (χ4v) is 4.60. The number of fused-ring (bicyclic) bond motifs is 3. The van der Waals surface area contributed by atoms with E-state index in [0.29, 0.717) is 54.0 Å². The Labute approximate surface area is 229 Å². The predicted octanol–water partition coefficient (Wildman–Crippen LogP) is 4.08. The normalized spacial score (nSPS) is 11.4. The topological polar surface area (TPSA) is 136 Å². The summed E-state index contributed by atoms with van der Waals surface area (Å²) in [4.78, 5) is 20.8. The number of amides is 1. The minimum absolute atomic E-state index is 0.00470. The van der Waals surface area contributed by atoms with Crippen LogP contribution in [0.2, 0.25) is 0 Å². The van der Waals surface area contributed by atoms with Gasteiger partial charge in [-0.25, -0.2) is 9.97 Å². The summed E-state index contributed by atoms with van der Waals surface area (Å²) < 4.78 is 8.18. The van der Waals surface area contributed by atoms with Crippen LogP contribution in [0, 0.1) is 0 Å². The number of nitrogen functional groups attached to an aromatic ring is 1. The minimum Gasteiger partial charge on any atom is -0.504 e. The van der Waals surface area contributed by atoms with Crippen LogP contribution in [-0.4, -0.2) is 54.8 Å². The predicted molar refractivity (Wildman–Crippen MR) is 153 cm³/mol. The first-order valence-corrected chi connectivity index (χ1v) is 13.9.